The molecule has 2 N–H and O–H groups in total. The number of nitrogens with one attached hydrogen (secondary N) is 2. The average molecular weight is 275 g/mol. The lowest BCUT2D eigenvalue weighted by molar-refractivity contribution is -0.134. The van der Waals surface area contributed by atoms with Crippen LogP contribution in [0.25, 0.3) is 0 Å². The third-order valence-corrected chi connectivity index (χ3v) is 3.57. The Balaban J connectivity index is 1.97. The fourth-order valence-electron chi connectivity index (χ4n) is 2.40. The van der Waals surface area contributed by atoms with Gasteiger partial charge in [-0.1, -0.05) is 24.3 Å². The lowest BCUT2D eigenvalue weighted by Crippen LogP contribution is -2.53. The Morgan fingerprint density at radius 2 is 1.95 bits per heavy atom. The van der Waals surface area contributed by atoms with Crippen molar-refractivity contribution in [2.45, 2.75) is 32.0 Å². The molecule has 1 aromatic rings. The van der Waals surface area contributed by atoms with Gasteiger partial charge in [-0.05, 0) is 24.5 Å². The van der Waals surface area contributed by atoms with Gasteiger partial charge < -0.3 is 15.5 Å². The fraction of sp³-hybridized carbons (Fsp3) is 0.467. The maximum atomic E-state index is 12.2. The number of amides is 2. The highest BCUT2D eigenvalue weighted by Crippen LogP contribution is 2.16. The van der Waals surface area contributed by atoms with E-state index in [1.165, 1.54) is 16.0 Å². The molecular formula is C15H21N3O2. The number of carbonyl (C=O) groups is 2. The first-order valence-electron chi connectivity index (χ1n) is 6.80. The molecule has 0 saturated heterocycles. The standard InChI is InChI=1S/C15H21N3O2/c1-10(15(20)18(2)3)17-14(19)13-8-11-6-4-5-7-12(11)9-16-13/h4-7,10,13,16H,8-9H2,1-3H3,(H,17,19)/t10?,13-/m0/s1. The molecule has 0 aliphatic carbocycles. The molecule has 1 heterocycles. The second kappa shape index (κ2) is 6.05. The molecule has 0 spiro atoms. The van der Waals surface area contributed by atoms with Gasteiger partial charge in [-0.15, -0.1) is 0 Å². The van der Waals surface area contributed by atoms with Crippen molar-refractivity contribution in [2.24, 2.45) is 0 Å². The molecule has 1 aromatic carbocycles. The van der Waals surface area contributed by atoms with Gasteiger partial charge >= 0.3 is 0 Å². The molecule has 2 rings (SSSR count). The Morgan fingerprint density at radius 1 is 1.30 bits per heavy atom. The molecule has 2 amide bonds. The molecule has 5 heteroatoms. The van der Waals surface area contributed by atoms with E-state index in [-0.39, 0.29) is 17.9 Å². The predicted octanol–water partition coefficient (Wildman–Crippen LogP) is 0.294. The zero-order valence-corrected chi connectivity index (χ0v) is 12.1. The van der Waals surface area contributed by atoms with E-state index in [4.69, 9.17) is 0 Å². The maximum Gasteiger partial charge on any atom is 0.244 e. The fourth-order valence-corrected chi connectivity index (χ4v) is 2.40. The summed E-state index contributed by atoms with van der Waals surface area (Å²) in [6.45, 7) is 2.39. The molecule has 1 aliphatic rings. The van der Waals surface area contributed by atoms with Crippen molar-refractivity contribution in [3.05, 3.63) is 35.4 Å². The molecule has 1 aliphatic heterocycles. The zero-order valence-electron chi connectivity index (χ0n) is 12.1. The molecule has 108 valence electrons. The molecule has 1 unspecified atom stereocenters. The molecule has 5 nitrogen and oxygen atoms in total. The second-order valence-electron chi connectivity index (χ2n) is 5.37. The summed E-state index contributed by atoms with van der Waals surface area (Å²) in [5.74, 6) is -0.225. The van der Waals surface area contributed by atoms with Crippen molar-refractivity contribution < 1.29 is 9.59 Å². The van der Waals surface area contributed by atoms with Crippen molar-refractivity contribution in [3.8, 4) is 0 Å². The van der Waals surface area contributed by atoms with E-state index in [0.717, 1.165) is 0 Å². The van der Waals surface area contributed by atoms with Gasteiger partial charge in [-0.25, -0.2) is 0 Å². The largest absolute Gasteiger partial charge is 0.347 e. The predicted molar refractivity (Wildman–Crippen MR) is 77.1 cm³/mol. The Kier molecular flexibility index (Phi) is 4.39. The van der Waals surface area contributed by atoms with E-state index in [9.17, 15) is 9.59 Å². The van der Waals surface area contributed by atoms with Crippen LogP contribution in [0, 0.1) is 0 Å². The average Bonchev–Trinajstić information content (AvgIpc) is 2.45. The van der Waals surface area contributed by atoms with E-state index in [2.05, 4.69) is 16.7 Å². The van der Waals surface area contributed by atoms with Gasteiger partial charge in [-0.2, -0.15) is 0 Å². The minimum absolute atomic E-state index is 0.102. The topological polar surface area (TPSA) is 61.4 Å². The van der Waals surface area contributed by atoms with Crippen LogP contribution >= 0.6 is 0 Å². The normalized spacial score (nSPS) is 18.9. The first kappa shape index (κ1) is 14.5. The quantitative estimate of drug-likeness (QED) is 0.834. The van der Waals surface area contributed by atoms with E-state index in [1.807, 2.05) is 18.2 Å². The zero-order chi connectivity index (χ0) is 14.7. The summed E-state index contributed by atoms with van der Waals surface area (Å²) in [6.07, 6.45) is 0.658. The Morgan fingerprint density at radius 3 is 2.60 bits per heavy atom. The lowest BCUT2D eigenvalue weighted by atomic mass is 9.95. The van der Waals surface area contributed by atoms with Crippen LogP contribution in [0.4, 0.5) is 0 Å². The smallest absolute Gasteiger partial charge is 0.244 e. The lowest BCUT2D eigenvalue weighted by Gasteiger charge is -2.27. The SMILES string of the molecule is CC(NC(=O)[C@@H]1Cc2ccccc2CN1)C(=O)N(C)C. The number of benzene rings is 1. The minimum atomic E-state index is -0.503. The van der Waals surface area contributed by atoms with Crippen molar-refractivity contribution >= 4 is 11.8 Å². The molecule has 20 heavy (non-hydrogen) atoms. The van der Waals surface area contributed by atoms with Gasteiger partial charge in [0, 0.05) is 20.6 Å². The number of nitrogens with zero attached hydrogens (tertiary/aromatic N) is 1. The molecule has 0 aromatic heterocycles. The van der Waals surface area contributed by atoms with Crippen LogP contribution < -0.4 is 10.6 Å². The molecule has 0 radical (unpaired) electrons. The second-order valence-corrected chi connectivity index (χ2v) is 5.37. The molecule has 0 fully saturated rings. The van der Waals surface area contributed by atoms with Crippen LogP contribution in [0.3, 0.4) is 0 Å². The van der Waals surface area contributed by atoms with Gasteiger partial charge in [0.05, 0.1) is 6.04 Å². The maximum absolute atomic E-state index is 12.2. The Bertz CT molecular complexity index is 514. The number of likely N-dealkylation sites (N-methyl/N-ethyl adjacent to an activating group) is 1. The first-order chi connectivity index (χ1) is 9.49. The van der Waals surface area contributed by atoms with Crippen LogP contribution in [0.15, 0.2) is 24.3 Å². The number of fused-ring (bicyclic) bond motifs is 1. The summed E-state index contributed by atoms with van der Waals surface area (Å²) in [6, 6.07) is 7.31. The van der Waals surface area contributed by atoms with Gasteiger partial charge in [0.25, 0.3) is 0 Å². The number of carbonyl (C=O) groups excluding carboxylic acids is 2. The third kappa shape index (κ3) is 3.17. The van der Waals surface area contributed by atoms with Crippen LogP contribution in [-0.4, -0.2) is 42.9 Å². The first-order valence-corrected chi connectivity index (χ1v) is 6.80. The summed E-state index contributed by atoms with van der Waals surface area (Å²) in [7, 11) is 3.36. The molecule has 0 bridgehead atoms. The Labute approximate surface area is 119 Å². The van der Waals surface area contributed by atoms with Gasteiger partial charge in [0.1, 0.15) is 6.04 Å². The number of hydrogen-bond donors (Lipinski definition) is 2. The summed E-state index contributed by atoms with van der Waals surface area (Å²) < 4.78 is 0. The Hall–Kier alpha value is -1.88. The van der Waals surface area contributed by atoms with E-state index < -0.39 is 6.04 Å². The van der Waals surface area contributed by atoms with Crippen molar-refractivity contribution in [1.82, 2.24) is 15.5 Å². The summed E-state index contributed by atoms with van der Waals surface area (Å²) >= 11 is 0. The highest BCUT2D eigenvalue weighted by molar-refractivity contribution is 5.89. The monoisotopic (exact) mass is 275 g/mol. The summed E-state index contributed by atoms with van der Waals surface area (Å²) in [5.41, 5.74) is 2.42. The molecule has 0 saturated carbocycles. The minimum Gasteiger partial charge on any atom is -0.347 e. The van der Waals surface area contributed by atoms with Crippen molar-refractivity contribution in [3.63, 3.8) is 0 Å². The van der Waals surface area contributed by atoms with Crippen molar-refractivity contribution in [2.75, 3.05) is 14.1 Å². The van der Waals surface area contributed by atoms with E-state index in [0.29, 0.717) is 13.0 Å². The van der Waals surface area contributed by atoms with E-state index >= 15 is 0 Å². The molecule has 2 atom stereocenters. The third-order valence-electron chi connectivity index (χ3n) is 3.57. The van der Waals surface area contributed by atoms with Crippen molar-refractivity contribution in [1.29, 1.82) is 0 Å². The van der Waals surface area contributed by atoms with Crippen LogP contribution in [0.1, 0.15) is 18.1 Å². The van der Waals surface area contributed by atoms with Gasteiger partial charge in [0.2, 0.25) is 11.8 Å². The van der Waals surface area contributed by atoms with Crippen LogP contribution in [-0.2, 0) is 22.6 Å². The molecular weight excluding hydrogens is 254 g/mol. The summed E-state index contributed by atoms with van der Waals surface area (Å²) in [5, 5.41) is 5.98. The van der Waals surface area contributed by atoms with Crippen LogP contribution in [0.2, 0.25) is 0 Å². The summed E-state index contributed by atoms with van der Waals surface area (Å²) in [4.78, 5) is 25.4. The van der Waals surface area contributed by atoms with Gasteiger partial charge in [0.15, 0.2) is 0 Å². The van der Waals surface area contributed by atoms with Crippen LogP contribution in [0.5, 0.6) is 0 Å². The number of rotatable bonds is 3. The number of hydrogen-bond acceptors (Lipinski definition) is 3. The van der Waals surface area contributed by atoms with E-state index in [1.54, 1.807) is 21.0 Å². The highest BCUT2D eigenvalue weighted by Gasteiger charge is 2.26. The highest BCUT2D eigenvalue weighted by atomic mass is 16.2. The van der Waals surface area contributed by atoms with Gasteiger partial charge in [-0.3, -0.25) is 9.59 Å².